The summed E-state index contributed by atoms with van der Waals surface area (Å²) < 4.78 is 1.03. The first-order valence-corrected chi connectivity index (χ1v) is 14.3. The Hall–Kier alpha value is -5.22. The second-order valence-electron chi connectivity index (χ2n) is 10.7. The Balaban J connectivity index is 1.29. The van der Waals surface area contributed by atoms with E-state index in [2.05, 4.69) is 10.4 Å². The van der Waals surface area contributed by atoms with Gasteiger partial charge in [0.1, 0.15) is 0 Å². The van der Waals surface area contributed by atoms with Crippen LogP contribution in [0.5, 0.6) is 0 Å². The third-order valence-corrected chi connectivity index (χ3v) is 9.67. The lowest BCUT2D eigenvalue weighted by Crippen LogP contribution is -2.54. The Morgan fingerprint density at radius 1 is 0.881 bits per heavy atom. The van der Waals surface area contributed by atoms with Gasteiger partial charge in [-0.1, -0.05) is 72.0 Å². The van der Waals surface area contributed by atoms with Gasteiger partial charge in [0.15, 0.2) is 0 Å². The number of rotatable bonds is 5. The molecule has 9 rings (SSSR count). The van der Waals surface area contributed by atoms with Crippen molar-refractivity contribution < 1.29 is 14.5 Å². The maximum atomic E-state index is 14.4. The highest BCUT2D eigenvalue weighted by atomic mass is 32.1. The van der Waals surface area contributed by atoms with Crippen LogP contribution in [-0.4, -0.2) is 27.9 Å². The van der Waals surface area contributed by atoms with E-state index in [1.54, 1.807) is 6.21 Å². The van der Waals surface area contributed by atoms with Crippen LogP contribution in [0.4, 0.5) is 16.5 Å². The predicted octanol–water partition coefficient (Wildman–Crippen LogP) is 5.85. The van der Waals surface area contributed by atoms with Gasteiger partial charge in [-0.2, -0.15) is 5.10 Å². The zero-order valence-corrected chi connectivity index (χ0v) is 22.7. The van der Waals surface area contributed by atoms with E-state index in [0.29, 0.717) is 10.8 Å². The van der Waals surface area contributed by atoms with Gasteiger partial charge in [-0.15, -0.1) is 0 Å². The normalized spacial score (nSPS) is 23.7. The van der Waals surface area contributed by atoms with Crippen LogP contribution in [-0.2, 0) is 15.0 Å². The number of fused-ring (bicyclic) bond motifs is 1. The summed E-state index contributed by atoms with van der Waals surface area (Å²) in [6.07, 6.45) is 1.77. The molecule has 4 aliphatic rings. The van der Waals surface area contributed by atoms with Crippen LogP contribution < -0.4 is 10.3 Å². The fraction of sp³-hybridized carbons (Fsp3) is 0.125. The van der Waals surface area contributed by atoms with Crippen molar-refractivity contribution in [2.75, 3.05) is 10.3 Å². The number of carbonyl (C=O) groups is 2. The zero-order chi connectivity index (χ0) is 28.6. The third kappa shape index (κ3) is 3.23. The molecule has 1 N–H and O–H groups in total. The molecule has 2 heterocycles. The van der Waals surface area contributed by atoms with Crippen molar-refractivity contribution in [2.45, 2.75) is 11.3 Å². The van der Waals surface area contributed by atoms with Crippen LogP contribution in [0.15, 0.2) is 102 Å². The van der Waals surface area contributed by atoms with Gasteiger partial charge < -0.3 is 0 Å². The first-order chi connectivity index (χ1) is 20.5. The molecule has 4 aromatic carbocycles. The Labute approximate surface area is 243 Å². The highest BCUT2D eigenvalue weighted by Gasteiger charge is 2.68. The molecule has 1 aliphatic heterocycles. The number of para-hydroxylation sites is 1. The number of nitro benzene ring substituents is 1. The lowest BCUT2D eigenvalue weighted by molar-refractivity contribution is -0.384. The molecule has 0 saturated carbocycles. The first kappa shape index (κ1) is 24.6. The number of nitrogens with zero attached hydrogens (tertiary/aromatic N) is 4. The quantitative estimate of drug-likeness (QED) is 0.122. The van der Waals surface area contributed by atoms with Crippen LogP contribution in [0.1, 0.15) is 28.2 Å². The smallest absolute Gasteiger partial charge is 0.269 e. The molecular weight excluding hydrogens is 550 g/mol. The summed E-state index contributed by atoms with van der Waals surface area (Å²) >= 11 is 1.48. The number of thiazole rings is 1. The second kappa shape index (κ2) is 8.89. The molecule has 1 fully saturated rings. The molecule has 3 aliphatic carbocycles. The van der Waals surface area contributed by atoms with Crippen molar-refractivity contribution >= 4 is 56.1 Å². The van der Waals surface area contributed by atoms with E-state index in [9.17, 15) is 19.7 Å². The van der Waals surface area contributed by atoms with Gasteiger partial charge in [0.25, 0.3) is 5.69 Å². The van der Waals surface area contributed by atoms with Gasteiger partial charge in [-0.25, -0.2) is 9.88 Å². The van der Waals surface area contributed by atoms with E-state index in [1.165, 1.54) is 40.5 Å². The van der Waals surface area contributed by atoms with Crippen LogP contribution in [0, 0.1) is 22.0 Å². The van der Waals surface area contributed by atoms with E-state index in [1.807, 2.05) is 72.8 Å². The zero-order valence-electron chi connectivity index (χ0n) is 21.9. The highest BCUT2D eigenvalue weighted by molar-refractivity contribution is 7.22. The number of amides is 2. The molecule has 9 nitrogen and oxygen atoms in total. The molecule has 1 aromatic heterocycles. The fourth-order valence-corrected chi connectivity index (χ4v) is 7.95. The first-order valence-electron chi connectivity index (χ1n) is 13.5. The largest absolute Gasteiger partial charge is 0.274 e. The molecule has 204 valence electrons. The van der Waals surface area contributed by atoms with E-state index in [-0.39, 0.29) is 23.4 Å². The van der Waals surface area contributed by atoms with Gasteiger partial charge in [-0.3, -0.25) is 25.1 Å². The number of imide groups is 1. The number of aromatic nitrogens is 1. The minimum atomic E-state index is -1.03. The van der Waals surface area contributed by atoms with Crippen LogP contribution in [0.2, 0.25) is 0 Å². The maximum Gasteiger partial charge on any atom is 0.269 e. The summed E-state index contributed by atoms with van der Waals surface area (Å²) in [5.74, 6) is -2.39. The van der Waals surface area contributed by atoms with E-state index in [0.717, 1.165) is 32.5 Å². The van der Waals surface area contributed by atoms with Crippen LogP contribution in [0.25, 0.3) is 10.2 Å². The van der Waals surface area contributed by atoms with Gasteiger partial charge >= 0.3 is 0 Å². The molecule has 2 atom stereocenters. The summed E-state index contributed by atoms with van der Waals surface area (Å²) in [6.45, 7) is 0. The highest BCUT2D eigenvalue weighted by Crippen LogP contribution is 2.63. The lowest BCUT2D eigenvalue weighted by Gasteiger charge is -2.52. The van der Waals surface area contributed by atoms with Crippen LogP contribution in [0.3, 0.4) is 0 Å². The number of nitro groups is 1. The number of nitrogens with one attached hydrogen (secondary N) is 1. The van der Waals surface area contributed by atoms with Gasteiger partial charge in [0.2, 0.25) is 16.9 Å². The molecule has 0 radical (unpaired) electrons. The summed E-state index contributed by atoms with van der Waals surface area (Å²) in [5, 5.41) is 16.6. The molecule has 2 bridgehead atoms. The molecule has 2 amide bonds. The van der Waals surface area contributed by atoms with E-state index in [4.69, 9.17) is 5.10 Å². The average Bonchev–Trinajstić information content (AvgIpc) is 3.55. The third-order valence-electron chi connectivity index (χ3n) is 8.72. The summed E-state index contributed by atoms with van der Waals surface area (Å²) in [7, 11) is 0. The number of hydrogen-bond acceptors (Lipinski definition) is 8. The maximum absolute atomic E-state index is 14.4. The van der Waals surface area contributed by atoms with E-state index < -0.39 is 22.2 Å². The van der Waals surface area contributed by atoms with Crippen molar-refractivity contribution in [3.63, 3.8) is 0 Å². The summed E-state index contributed by atoms with van der Waals surface area (Å²) in [4.78, 5) is 45.2. The van der Waals surface area contributed by atoms with Gasteiger partial charge in [-0.05, 0) is 46.5 Å². The van der Waals surface area contributed by atoms with Crippen molar-refractivity contribution in [3.05, 3.63) is 129 Å². The fourth-order valence-electron chi connectivity index (χ4n) is 7.14. The number of hydrazone groups is 1. The van der Waals surface area contributed by atoms with Crippen molar-refractivity contribution in [2.24, 2.45) is 16.9 Å². The standard InChI is InChI=1S/C32H21N5O4S/c38-29-27-26-20-7-1-3-9-22(20)32(23-10-4-2-8-21(23)26,17-33-35-31-34-24-11-5-6-12-25(24)42-31)28(27)30(39)36(29)18-13-15-19(16-14-18)37(40)41/h1-17,26-28H,(H,34,35)/b33-17-/t26?,27-,28-,32?/m0/s1. The number of hydrogen-bond donors (Lipinski definition) is 1. The van der Waals surface area contributed by atoms with Crippen LogP contribution >= 0.6 is 11.3 Å². The molecule has 1 saturated heterocycles. The number of benzene rings is 4. The Morgan fingerprint density at radius 2 is 1.52 bits per heavy atom. The molecule has 10 heteroatoms. The Morgan fingerprint density at radius 3 is 2.19 bits per heavy atom. The van der Waals surface area contributed by atoms with Gasteiger partial charge in [0, 0.05) is 24.3 Å². The van der Waals surface area contributed by atoms with Crippen molar-refractivity contribution in [1.29, 1.82) is 0 Å². The van der Waals surface area contributed by atoms with E-state index >= 15 is 0 Å². The number of non-ortho nitro benzene ring substituents is 1. The van der Waals surface area contributed by atoms with Crippen molar-refractivity contribution in [1.82, 2.24) is 4.98 Å². The number of carbonyl (C=O) groups excluding carboxylic acids is 2. The second-order valence-corrected chi connectivity index (χ2v) is 11.7. The monoisotopic (exact) mass is 571 g/mol. The SMILES string of the molecule is O=C1[C@@H]2[C@@H](C(=O)N1c1ccc([N+](=O)[O-])cc1)C1c3ccccc3C2(/C=N\Nc2nc3ccccc3s2)c2ccccc21. The number of anilines is 2. The van der Waals surface area contributed by atoms with Crippen molar-refractivity contribution in [3.8, 4) is 0 Å². The minimum Gasteiger partial charge on any atom is -0.274 e. The molecule has 0 unspecified atom stereocenters. The molecule has 5 aromatic rings. The predicted molar refractivity (Wildman–Crippen MR) is 160 cm³/mol. The Bertz CT molecular complexity index is 1900. The average molecular weight is 572 g/mol. The summed E-state index contributed by atoms with van der Waals surface area (Å²) in [5.41, 5.74) is 7.00. The minimum absolute atomic E-state index is 0.111. The summed E-state index contributed by atoms with van der Waals surface area (Å²) in [6, 6.07) is 29.3. The molecule has 42 heavy (non-hydrogen) atoms. The molecule has 0 spiro atoms. The topological polar surface area (TPSA) is 118 Å². The van der Waals surface area contributed by atoms with Gasteiger partial charge in [0.05, 0.1) is 38.1 Å². The Kier molecular flexibility index (Phi) is 5.20. The lowest BCUT2D eigenvalue weighted by atomic mass is 9.47. The molecular formula is C32H21N5O4S.